The minimum atomic E-state index is -1.30. The Labute approximate surface area is 151 Å². The fourth-order valence-corrected chi connectivity index (χ4v) is 2.23. The molecule has 0 radical (unpaired) electrons. The van der Waals surface area contributed by atoms with Crippen LogP contribution in [0.1, 0.15) is 34.6 Å². The standard InChI is InChI=1S/C15H26N2O7S/c1-8(18)11(13(21)23-6)17-12(20)10(7-25-9(2)19)16-14(22)24-15(3,4)5/h8,10-11,18H,7H2,1-6H3,(H,16,22)(H,17,20)/t8-,10-,11+/m0/s1. The number of methoxy groups -OCH3 is 1. The summed E-state index contributed by atoms with van der Waals surface area (Å²) in [5.74, 6) is -1.65. The van der Waals surface area contributed by atoms with E-state index in [2.05, 4.69) is 15.4 Å². The molecule has 0 aliphatic rings. The molecule has 0 unspecified atom stereocenters. The number of hydrogen-bond donors (Lipinski definition) is 3. The van der Waals surface area contributed by atoms with Crippen LogP contribution in [0.2, 0.25) is 0 Å². The molecule has 0 fully saturated rings. The molecule has 0 aromatic carbocycles. The van der Waals surface area contributed by atoms with Crippen LogP contribution in [0.5, 0.6) is 0 Å². The van der Waals surface area contributed by atoms with Gasteiger partial charge in [-0.15, -0.1) is 0 Å². The van der Waals surface area contributed by atoms with Gasteiger partial charge in [0.05, 0.1) is 13.2 Å². The van der Waals surface area contributed by atoms with Crippen molar-refractivity contribution in [3.63, 3.8) is 0 Å². The minimum absolute atomic E-state index is 0.0614. The third-order valence-electron chi connectivity index (χ3n) is 2.70. The van der Waals surface area contributed by atoms with Gasteiger partial charge in [0.1, 0.15) is 11.6 Å². The number of aliphatic hydroxyl groups is 1. The Hall–Kier alpha value is -1.81. The molecule has 9 nitrogen and oxygen atoms in total. The summed E-state index contributed by atoms with van der Waals surface area (Å²) in [4.78, 5) is 47.0. The number of aliphatic hydroxyl groups excluding tert-OH is 1. The first kappa shape index (κ1) is 23.2. The maximum atomic E-state index is 12.4. The number of carbonyl (C=O) groups excluding carboxylic acids is 4. The van der Waals surface area contributed by atoms with Gasteiger partial charge in [0.2, 0.25) is 5.91 Å². The van der Waals surface area contributed by atoms with E-state index >= 15 is 0 Å². The third-order valence-corrected chi connectivity index (χ3v) is 3.60. The summed E-state index contributed by atoms with van der Waals surface area (Å²) in [7, 11) is 1.12. The van der Waals surface area contributed by atoms with E-state index in [0.717, 1.165) is 18.9 Å². The van der Waals surface area contributed by atoms with E-state index < -0.39 is 41.8 Å². The first-order valence-electron chi connectivity index (χ1n) is 7.56. The van der Waals surface area contributed by atoms with Crippen LogP contribution in [0.25, 0.3) is 0 Å². The van der Waals surface area contributed by atoms with Crippen LogP contribution < -0.4 is 10.6 Å². The van der Waals surface area contributed by atoms with Gasteiger partial charge in [-0.2, -0.15) is 0 Å². The third kappa shape index (κ3) is 9.92. The molecule has 0 bridgehead atoms. The van der Waals surface area contributed by atoms with Crippen molar-refractivity contribution in [1.29, 1.82) is 0 Å². The molecule has 0 rings (SSSR count). The smallest absolute Gasteiger partial charge is 0.408 e. The van der Waals surface area contributed by atoms with Crippen molar-refractivity contribution in [3.05, 3.63) is 0 Å². The highest BCUT2D eigenvalue weighted by atomic mass is 32.2. The molecule has 0 aliphatic carbocycles. The number of thioether (sulfide) groups is 1. The van der Waals surface area contributed by atoms with Crippen LogP contribution in [-0.4, -0.2) is 64.8 Å². The predicted molar refractivity (Wildman–Crippen MR) is 91.9 cm³/mol. The maximum absolute atomic E-state index is 12.4. The number of carbonyl (C=O) groups is 4. The van der Waals surface area contributed by atoms with Crippen LogP contribution in [-0.2, 0) is 23.9 Å². The maximum Gasteiger partial charge on any atom is 0.408 e. The van der Waals surface area contributed by atoms with Gasteiger partial charge in [0, 0.05) is 12.7 Å². The lowest BCUT2D eigenvalue weighted by molar-refractivity contribution is -0.148. The first-order valence-corrected chi connectivity index (χ1v) is 8.55. The second-order valence-corrected chi connectivity index (χ2v) is 7.45. The zero-order valence-electron chi connectivity index (χ0n) is 15.2. The summed E-state index contributed by atoms with van der Waals surface area (Å²) in [5.41, 5.74) is -0.771. The van der Waals surface area contributed by atoms with Crippen molar-refractivity contribution in [3.8, 4) is 0 Å². The van der Waals surface area contributed by atoms with Crippen LogP contribution in [0.15, 0.2) is 0 Å². The molecular weight excluding hydrogens is 352 g/mol. The summed E-state index contributed by atoms with van der Waals surface area (Å²) < 4.78 is 9.60. The molecule has 0 aromatic heterocycles. The van der Waals surface area contributed by atoms with E-state index in [1.54, 1.807) is 20.8 Å². The quantitative estimate of drug-likeness (QED) is 0.535. The first-order chi connectivity index (χ1) is 11.4. The van der Waals surface area contributed by atoms with Crippen molar-refractivity contribution in [2.45, 2.75) is 58.4 Å². The zero-order chi connectivity index (χ0) is 19.8. The fraction of sp³-hybridized carbons (Fsp3) is 0.733. The molecule has 0 spiro atoms. The van der Waals surface area contributed by atoms with E-state index in [1.807, 2.05) is 0 Å². The molecule has 0 aromatic rings. The summed E-state index contributed by atoms with van der Waals surface area (Å²) in [6.07, 6.45) is -2.05. The number of amides is 2. The number of hydrogen-bond acceptors (Lipinski definition) is 8. The van der Waals surface area contributed by atoms with Gasteiger partial charge in [0.15, 0.2) is 11.2 Å². The Morgan fingerprint density at radius 1 is 1.16 bits per heavy atom. The van der Waals surface area contributed by atoms with Crippen molar-refractivity contribution in [1.82, 2.24) is 10.6 Å². The molecule has 10 heteroatoms. The highest BCUT2D eigenvalue weighted by Crippen LogP contribution is 2.09. The number of nitrogens with one attached hydrogen (secondary N) is 2. The van der Waals surface area contributed by atoms with Gasteiger partial charge < -0.3 is 25.2 Å². The molecule has 2 amide bonds. The van der Waals surface area contributed by atoms with Crippen LogP contribution in [0.3, 0.4) is 0 Å². The van der Waals surface area contributed by atoms with Gasteiger partial charge in [-0.3, -0.25) is 9.59 Å². The van der Waals surface area contributed by atoms with Gasteiger partial charge in [0.25, 0.3) is 0 Å². The van der Waals surface area contributed by atoms with Crippen LogP contribution >= 0.6 is 11.8 Å². The summed E-state index contributed by atoms with van der Waals surface area (Å²) in [6.45, 7) is 7.61. The van der Waals surface area contributed by atoms with E-state index in [-0.39, 0.29) is 10.9 Å². The van der Waals surface area contributed by atoms with E-state index in [0.29, 0.717) is 0 Å². The summed E-state index contributed by atoms with van der Waals surface area (Å²) in [5, 5.41) is 14.0. The monoisotopic (exact) mass is 378 g/mol. The molecule has 0 saturated carbocycles. The number of ether oxygens (including phenoxy) is 2. The van der Waals surface area contributed by atoms with Gasteiger partial charge in [-0.05, 0) is 27.7 Å². The predicted octanol–water partition coefficient (Wildman–Crippen LogP) is 0.198. The van der Waals surface area contributed by atoms with E-state index in [4.69, 9.17) is 4.74 Å². The largest absolute Gasteiger partial charge is 0.467 e. The van der Waals surface area contributed by atoms with Crippen LogP contribution in [0, 0.1) is 0 Å². The van der Waals surface area contributed by atoms with Gasteiger partial charge >= 0.3 is 12.1 Å². The Balaban J connectivity index is 5.11. The molecule has 0 heterocycles. The highest BCUT2D eigenvalue weighted by molar-refractivity contribution is 8.13. The normalized spacial score (nSPS) is 14.7. The fourth-order valence-electron chi connectivity index (χ4n) is 1.59. The zero-order valence-corrected chi connectivity index (χ0v) is 16.1. The topological polar surface area (TPSA) is 131 Å². The van der Waals surface area contributed by atoms with Crippen molar-refractivity contribution in [2.75, 3.05) is 12.9 Å². The number of rotatable bonds is 7. The van der Waals surface area contributed by atoms with Crippen LogP contribution in [0.4, 0.5) is 4.79 Å². The lowest BCUT2D eigenvalue weighted by atomic mass is 10.1. The van der Waals surface area contributed by atoms with Crippen molar-refractivity contribution in [2.24, 2.45) is 0 Å². The second-order valence-electron chi connectivity index (χ2n) is 6.25. The van der Waals surface area contributed by atoms with Crippen molar-refractivity contribution < 1.29 is 33.8 Å². The Bertz CT molecular complexity index is 503. The molecule has 144 valence electrons. The average molecular weight is 378 g/mol. The SMILES string of the molecule is COC(=O)[C@H](NC(=O)[C@H](CSC(C)=O)NC(=O)OC(C)(C)C)[C@H](C)O. The molecule has 0 saturated heterocycles. The van der Waals surface area contributed by atoms with E-state index in [1.165, 1.54) is 13.8 Å². The number of esters is 1. The molecule has 25 heavy (non-hydrogen) atoms. The second kappa shape index (κ2) is 10.2. The summed E-state index contributed by atoms with van der Waals surface area (Å²) >= 11 is 0.829. The Kier molecular flexibility index (Phi) is 9.50. The Morgan fingerprint density at radius 3 is 2.12 bits per heavy atom. The van der Waals surface area contributed by atoms with Gasteiger partial charge in [-0.25, -0.2) is 9.59 Å². The van der Waals surface area contributed by atoms with Gasteiger partial charge in [-0.1, -0.05) is 11.8 Å². The molecule has 0 aliphatic heterocycles. The van der Waals surface area contributed by atoms with Crippen molar-refractivity contribution >= 4 is 34.8 Å². The lowest BCUT2D eigenvalue weighted by Gasteiger charge is -2.25. The Morgan fingerprint density at radius 2 is 1.72 bits per heavy atom. The number of alkyl carbamates (subject to hydrolysis) is 1. The minimum Gasteiger partial charge on any atom is -0.467 e. The molecular formula is C15H26N2O7S. The molecule has 3 atom stereocenters. The lowest BCUT2D eigenvalue weighted by Crippen LogP contribution is -2.56. The highest BCUT2D eigenvalue weighted by Gasteiger charge is 2.31. The molecule has 3 N–H and O–H groups in total. The summed E-state index contributed by atoms with van der Waals surface area (Å²) in [6, 6.07) is -2.45. The van der Waals surface area contributed by atoms with E-state index in [9.17, 15) is 24.3 Å². The average Bonchev–Trinajstić information content (AvgIpc) is 2.45.